The maximum Gasteiger partial charge on any atom is 0.199 e. The van der Waals surface area contributed by atoms with Crippen LogP contribution in [0.1, 0.15) is 26.3 Å². The highest BCUT2D eigenvalue weighted by Gasteiger charge is 2.34. The highest BCUT2D eigenvalue weighted by Crippen LogP contribution is 2.35. The highest BCUT2D eigenvalue weighted by atomic mass is 32.2. The smallest absolute Gasteiger partial charge is 0.199 e. The van der Waals surface area contributed by atoms with E-state index in [1.54, 1.807) is 54.6 Å². The number of benzene rings is 2. The molecule has 3 rings (SSSR count). The summed E-state index contributed by atoms with van der Waals surface area (Å²) in [4.78, 5) is 25.5. The Morgan fingerprint density at radius 1 is 0.913 bits per heavy atom. The molecule has 0 fully saturated rings. The van der Waals surface area contributed by atoms with Gasteiger partial charge in [0.1, 0.15) is 0 Å². The zero-order valence-electron chi connectivity index (χ0n) is 12.8. The van der Waals surface area contributed by atoms with Gasteiger partial charge in [-0.15, -0.1) is 0 Å². The largest absolute Gasteiger partial charge is 0.288 e. The number of hydrogen-bond donors (Lipinski definition) is 0. The molecule has 2 aromatic rings. The zero-order valence-corrected chi connectivity index (χ0v) is 13.6. The van der Waals surface area contributed by atoms with Crippen molar-refractivity contribution < 1.29 is 13.8 Å². The Kier molecular flexibility index (Phi) is 3.74. The molecule has 5 heteroatoms. The SMILES string of the molecule is CS(C)(=O)=NC1=C(C(=O)c2ccccc2)C(=O)c2ccccc21. The van der Waals surface area contributed by atoms with Crippen molar-refractivity contribution in [3.8, 4) is 0 Å². The van der Waals surface area contributed by atoms with E-state index in [4.69, 9.17) is 0 Å². The highest BCUT2D eigenvalue weighted by molar-refractivity contribution is 7.92. The van der Waals surface area contributed by atoms with Crippen LogP contribution in [0.4, 0.5) is 0 Å². The standard InChI is InChI=1S/C18H15NO3S/c1-23(2,22)19-16-13-10-6-7-11-14(13)18(21)15(16)17(20)12-8-4-3-5-9-12/h3-11H,1-2H3. The quantitative estimate of drug-likeness (QED) is 0.643. The van der Waals surface area contributed by atoms with E-state index in [2.05, 4.69) is 4.36 Å². The Hall–Kier alpha value is -2.53. The van der Waals surface area contributed by atoms with E-state index in [-0.39, 0.29) is 17.1 Å². The van der Waals surface area contributed by atoms with Gasteiger partial charge in [-0.25, -0.2) is 4.21 Å². The first-order valence-electron chi connectivity index (χ1n) is 7.04. The van der Waals surface area contributed by atoms with Gasteiger partial charge in [-0.1, -0.05) is 54.6 Å². The van der Waals surface area contributed by atoms with Crippen LogP contribution in [-0.2, 0) is 9.73 Å². The number of carbonyl (C=O) groups is 2. The third kappa shape index (κ3) is 2.87. The zero-order chi connectivity index (χ0) is 16.6. The van der Waals surface area contributed by atoms with E-state index < -0.39 is 15.5 Å². The van der Waals surface area contributed by atoms with Crippen molar-refractivity contribution in [3.05, 3.63) is 76.9 Å². The van der Waals surface area contributed by atoms with Gasteiger partial charge in [0.15, 0.2) is 11.6 Å². The average molecular weight is 325 g/mol. The van der Waals surface area contributed by atoms with Gasteiger partial charge in [0.2, 0.25) is 0 Å². The van der Waals surface area contributed by atoms with Gasteiger partial charge in [-0.05, 0) is 0 Å². The Morgan fingerprint density at radius 2 is 1.48 bits per heavy atom. The van der Waals surface area contributed by atoms with Crippen molar-refractivity contribution in [1.82, 2.24) is 0 Å². The summed E-state index contributed by atoms with van der Waals surface area (Å²) in [5.74, 6) is -0.758. The van der Waals surface area contributed by atoms with Gasteiger partial charge in [0.25, 0.3) is 0 Å². The fourth-order valence-corrected chi connectivity index (χ4v) is 3.15. The van der Waals surface area contributed by atoms with Gasteiger partial charge in [-0.2, -0.15) is 4.36 Å². The molecule has 4 nitrogen and oxygen atoms in total. The lowest BCUT2D eigenvalue weighted by Crippen LogP contribution is -2.11. The predicted octanol–water partition coefficient (Wildman–Crippen LogP) is 3.20. The lowest BCUT2D eigenvalue weighted by atomic mass is 10.0. The first kappa shape index (κ1) is 15.4. The van der Waals surface area contributed by atoms with E-state index in [1.165, 1.54) is 12.5 Å². The second-order valence-electron chi connectivity index (χ2n) is 5.57. The van der Waals surface area contributed by atoms with Crippen molar-refractivity contribution in [2.24, 2.45) is 4.36 Å². The number of Topliss-reactive ketones (excluding diaryl/α,β-unsaturated/α-hetero) is 2. The molecule has 116 valence electrons. The monoisotopic (exact) mass is 325 g/mol. The third-order valence-corrected chi connectivity index (χ3v) is 4.09. The fourth-order valence-electron chi connectivity index (χ4n) is 2.52. The second kappa shape index (κ2) is 5.59. The average Bonchev–Trinajstić information content (AvgIpc) is 2.79. The number of fused-ring (bicyclic) bond motifs is 1. The molecule has 2 aromatic carbocycles. The molecule has 1 aliphatic carbocycles. The van der Waals surface area contributed by atoms with E-state index in [9.17, 15) is 13.8 Å². The Bertz CT molecular complexity index is 957. The summed E-state index contributed by atoms with van der Waals surface area (Å²) in [5, 5.41) is 0. The van der Waals surface area contributed by atoms with Crippen molar-refractivity contribution >= 4 is 27.0 Å². The molecule has 0 spiro atoms. The lowest BCUT2D eigenvalue weighted by molar-refractivity contribution is 0.0967. The Morgan fingerprint density at radius 3 is 2.09 bits per heavy atom. The van der Waals surface area contributed by atoms with Crippen LogP contribution >= 0.6 is 0 Å². The molecule has 0 amide bonds. The molecule has 0 aliphatic heterocycles. The predicted molar refractivity (Wildman–Crippen MR) is 90.9 cm³/mol. The summed E-state index contributed by atoms with van der Waals surface area (Å²) in [5.41, 5.74) is 1.63. The normalized spacial score (nSPS) is 13.9. The van der Waals surface area contributed by atoms with E-state index in [1.807, 2.05) is 0 Å². The molecular weight excluding hydrogens is 310 g/mol. The number of ketones is 2. The van der Waals surface area contributed by atoms with Gasteiger partial charge in [0, 0.05) is 38.9 Å². The Labute approximate surface area is 135 Å². The maximum atomic E-state index is 12.8. The molecule has 0 heterocycles. The molecule has 0 N–H and O–H groups in total. The molecule has 0 bridgehead atoms. The van der Waals surface area contributed by atoms with E-state index in [0.29, 0.717) is 16.7 Å². The number of carbonyl (C=O) groups excluding carboxylic acids is 2. The minimum Gasteiger partial charge on any atom is -0.288 e. The van der Waals surface area contributed by atoms with E-state index >= 15 is 0 Å². The topological polar surface area (TPSA) is 63.6 Å². The summed E-state index contributed by atoms with van der Waals surface area (Å²) < 4.78 is 16.3. The maximum absolute atomic E-state index is 12.8. The summed E-state index contributed by atoms with van der Waals surface area (Å²) in [6.45, 7) is 0. The van der Waals surface area contributed by atoms with Gasteiger partial charge >= 0.3 is 0 Å². The number of nitrogens with zero attached hydrogens (tertiary/aromatic N) is 1. The summed E-state index contributed by atoms with van der Waals surface area (Å²) in [7, 11) is -2.51. The molecule has 0 aromatic heterocycles. The molecule has 0 atom stereocenters. The van der Waals surface area contributed by atoms with Crippen LogP contribution in [0.2, 0.25) is 0 Å². The van der Waals surface area contributed by atoms with Crippen molar-refractivity contribution in [3.63, 3.8) is 0 Å². The molecule has 23 heavy (non-hydrogen) atoms. The van der Waals surface area contributed by atoms with Gasteiger partial charge < -0.3 is 0 Å². The lowest BCUT2D eigenvalue weighted by Gasteiger charge is -2.04. The number of allylic oxidation sites excluding steroid dienone is 1. The Balaban J connectivity index is 2.27. The van der Waals surface area contributed by atoms with E-state index in [0.717, 1.165) is 0 Å². The van der Waals surface area contributed by atoms with Gasteiger partial charge in [0.05, 0.1) is 11.3 Å². The molecule has 0 saturated carbocycles. The van der Waals surface area contributed by atoms with Crippen molar-refractivity contribution in [1.29, 1.82) is 0 Å². The molecular formula is C18H15NO3S. The molecule has 0 unspecified atom stereocenters. The van der Waals surface area contributed by atoms with Gasteiger partial charge in [-0.3, -0.25) is 9.59 Å². The molecule has 1 aliphatic rings. The van der Waals surface area contributed by atoms with Crippen LogP contribution in [0.3, 0.4) is 0 Å². The minimum atomic E-state index is -2.51. The van der Waals surface area contributed by atoms with Crippen LogP contribution < -0.4 is 0 Å². The molecule has 0 radical (unpaired) electrons. The first-order chi connectivity index (χ1) is 10.9. The van der Waals surface area contributed by atoms with Crippen LogP contribution in [0.25, 0.3) is 5.70 Å². The number of hydrogen-bond acceptors (Lipinski definition) is 4. The third-order valence-electron chi connectivity index (χ3n) is 3.46. The first-order valence-corrected chi connectivity index (χ1v) is 9.37. The van der Waals surface area contributed by atoms with Crippen LogP contribution in [0.5, 0.6) is 0 Å². The van der Waals surface area contributed by atoms with Crippen molar-refractivity contribution in [2.75, 3.05) is 12.5 Å². The summed E-state index contributed by atoms with van der Waals surface area (Å²) in [6, 6.07) is 15.5. The fraction of sp³-hybridized carbons (Fsp3) is 0.111. The second-order valence-corrected chi connectivity index (χ2v) is 8.11. The molecule has 0 saturated heterocycles. The summed E-state index contributed by atoms with van der Waals surface area (Å²) in [6.07, 6.45) is 2.96. The van der Waals surface area contributed by atoms with Crippen LogP contribution in [0, 0.1) is 0 Å². The summed E-state index contributed by atoms with van der Waals surface area (Å²) >= 11 is 0. The number of rotatable bonds is 3. The van der Waals surface area contributed by atoms with Crippen LogP contribution in [0.15, 0.2) is 64.5 Å². The van der Waals surface area contributed by atoms with Crippen molar-refractivity contribution in [2.45, 2.75) is 0 Å². The minimum absolute atomic E-state index is 0.00572. The van der Waals surface area contributed by atoms with Crippen LogP contribution in [-0.4, -0.2) is 28.3 Å².